The number of rotatable bonds is 9. The molecule has 2 N–H and O–H groups in total. The van der Waals surface area contributed by atoms with E-state index in [-0.39, 0.29) is 5.91 Å². The maximum atomic E-state index is 13.0. The van der Waals surface area contributed by atoms with Crippen molar-refractivity contribution < 1.29 is 14.3 Å². The Morgan fingerprint density at radius 2 is 2.09 bits per heavy atom. The molecule has 0 unspecified atom stereocenters. The Hall–Kier alpha value is -3.83. The van der Waals surface area contributed by atoms with Gasteiger partial charge in [-0.15, -0.1) is 6.58 Å². The molecule has 0 spiro atoms. The van der Waals surface area contributed by atoms with Gasteiger partial charge < -0.3 is 9.47 Å². The summed E-state index contributed by atoms with van der Waals surface area (Å²) in [6, 6.07) is 8.73. The van der Waals surface area contributed by atoms with Gasteiger partial charge in [0.1, 0.15) is 6.61 Å². The molecule has 0 fully saturated rings. The number of carbonyl (C=O) groups is 1. The van der Waals surface area contributed by atoms with Crippen molar-refractivity contribution in [2.24, 2.45) is 0 Å². The minimum atomic E-state index is -0.318. The average molecular weight is 495 g/mol. The largest absolute Gasteiger partial charge is 0.493 e. The van der Waals surface area contributed by atoms with Crippen molar-refractivity contribution >= 4 is 34.6 Å². The zero-order valence-corrected chi connectivity index (χ0v) is 20.2. The number of thiazole rings is 1. The minimum Gasteiger partial charge on any atom is -0.493 e. The number of methoxy groups -OCH3 is 1. The van der Waals surface area contributed by atoms with Gasteiger partial charge in [0.15, 0.2) is 27.2 Å². The van der Waals surface area contributed by atoms with Crippen molar-refractivity contribution in [2.45, 2.75) is 20.1 Å². The van der Waals surface area contributed by atoms with Crippen molar-refractivity contribution in [2.75, 3.05) is 12.4 Å². The summed E-state index contributed by atoms with van der Waals surface area (Å²) in [7, 11) is 1.55. The van der Waals surface area contributed by atoms with E-state index in [4.69, 9.17) is 21.7 Å². The first-order chi connectivity index (χ1) is 16.5. The molecular formula is C23H22N6O3S2. The lowest BCUT2D eigenvalue weighted by Crippen LogP contribution is -2.12. The van der Waals surface area contributed by atoms with Crippen molar-refractivity contribution in [3.8, 4) is 22.2 Å². The molecule has 4 aromatic rings. The van der Waals surface area contributed by atoms with E-state index in [9.17, 15) is 4.79 Å². The molecule has 0 aliphatic rings. The van der Waals surface area contributed by atoms with E-state index in [2.05, 4.69) is 32.1 Å². The smallest absolute Gasteiger partial charge is 0.257 e. The number of carbonyl (C=O) groups excluding carboxylic acids is 1. The van der Waals surface area contributed by atoms with E-state index < -0.39 is 0 Å². The van der Waals surface area contributed by atoms with Gasteiger partial charge in [0.25, 0.3) is 5.91 Å². The molecule has 0 aliphatic carbocycles. The highest BCUT2D eigenvalue weighted by Crippen LogP contribution is 2.33. The summed E-state index contributed by atoms with van der Waals surface area (Å²) in [6.07, 6.45) is 5.13. The fourth-order valence-corrected chi connectivity index (χ4v) is 4.35. The average Bonchev–Trinajstić information content (AvgIpc) is 3.39. The summed E-state index contributed by atoms with van der Waals surface area (Å²) in [6.45, 7) is 6.45. The number of anilines is 1. The summed E-state index contributed by atoms with van der Waals surface area (Å²) in [5.41, 5.74) is 2.09. The van der Waals surface area contributed by atoms with Crippen LogP contribution >= 0.6 is 23.6 Å². The van der Waals surface area contributed by atoms with Gasteiger partial charge in [-0.3, -0.25) is 24.8 Å². The first-order valence-corrected chi connectivity index (χ1v) is 11.5. The highest BCUT2D eigenvalue weighted by atomic mass is 32.1. The molecule has 11 heteroatoms. The number of hydrogen-bond acceptors (Lipinski definition) is 8. The van der Waals surface area contributed by atoms with Crippen LogP contribution < -0.4 is 14.8 Å². The summed E-state index contributed by atoms with van der Waals surface area (Å²) >= 11 is 6.61. The number of nitrogens with zero attached hydrogens (tertiary/aromatic N) is 4. The number of aromatic nitrogens is 5. The van der Waals surface area contributed by atoms with E-state index in [0.717, 1.165) is 16.1 Å². The molecule has 0 atom stereocenters. The molecule has 3 heterocycles. The second-order valence-corrected chi connectivity index (χ2v) is 8.53. The fourth-order valence-electron chi connectivity index (χ4n) is 3.19. The Morgan fingerprint density at radius 1 is 1.29 bits per heavy atom. The normalized spacial score (nSPS) is 10.6. The maximum absolute atomic E-state index is 13.0. The third kappa shape index (κ3) is 5.05. The third-order valence-corrected chi connectivity index (χ3v) is 6.24. The van der Waals surface area contributed by atoms with Crippen molar-refractivity contribution in [3.05, 3.63) is 77.0 Å². The topological polar surface area (TPSA) is 107 Å². The van der Waals surface area contributed by atoms with Crippen LogP contribution in [0, 0.1) is 11.7 Å². The number of pyridine rings is 1. The number of benzene rings is 1. The van der Waals surface area contributed by atoms with Crippen LogP contribution in [-0.2, 0) is 13.2 Å². The van der Waals surface area contributed by atoms with Gasteiger partial charge in [-0.25, -0.2) is 4.98 Å². The van der Waals surface area contributed by atoms with E-state index >= 15 is 0 Å². The van der Waals surface area contributed by atoms with Crippen LogP contribution in [-0.4, -0.2) is 37.7 Å². The van der Waals surface area contributed by atoms with Crippen LogP contribution in [0.5, 0.6) is 11.5 Å². The quantitative estimate of drug-likeness (QED) is 0.254. The predicted molar refractivity (Wildman–Crippen MR) is 133 cm³/mol. The van der Waals surface area contributed by atoms with E-state index in [1.807, 2.05) is 23.6 Å². The molecule has 4 rings (SSSR count). The predicted octanol–water partition coefficient (Wildman–Crippen LogP) is 4.79. The Balaban J connectivity index is 1.53. The van der Waals surface area contributed by atoms with Gasteiger partial charge in [-0.2, -0.15) is 5.10 Å². The fraction of sp³-hybridized carbons (Fsp3) is 0.174. The number of ether oxygens (including phenoxy) is 2. The molecule has 0 bridgehead atoms. The molecule has 0 aliphatic heterocycles. The lowest BCUT2D eigenvalue weighted by Gasteiger charge is -2.12. The molecule has 1 amide bonds. The summed E-state index contributed by atoms with van der Waals surface area (Å²) in [5, 5.41) is 10.4. The summed E-state index contributed by atoms with van der Waals surface area (Å²) in [4.78, 5) is 22.3. The number of aryl methyl sites for hydroxylation is 1. The molecular weight excluding hydrogens is 472 g/mol. The van der Waals surface area contributed by atoms with Gasteiger partial charge >= 0.3 is 0 Å². The highest BCUT2D eigenvalue weighted by molar-refractivity contribution is 7.71. The number of aromatic amines is 1. The van der Waals surface area contributed by atoms with Gasteiger partial charge in [0.05, 0.1) is 17.7 Å². The number of H-pyrrole nitrogens is 1. The summed E-state index contributed by atoms with van der Waals surface area (Å²) < 4.78 is 13.6. The van der Waals surface area contributed by atoms with Crippen LogP contribution in [0.1, 0.15) is 21.6 Å². The van der Waals surface area contributed by atoms with Crippen molar-refractivity contribution in [1.82, 2.24) is 24.7 Å². The highest BCUT2D eigenvalue weighted by Gasteiger charge is 2.18. The number of nitrogens with one attached hydrogen (secondary N) is 2. The third-order valence-electron chi connectivity index (χ3n) is 4.86. The molecule has 1 aromatic carbocycles. The Morgan fingerprint density at radius 3 is 2.82 bits per heavy atom. The van der Waals surface area contributed by atoms with E-state index in [1.165, 1.54) is 11.3 Å². The molecule has 0 saturated heterocycles. The van der Waals surface area contributed by atoms with Crippen LogP contribution in [0.25, 0.3) is 10.7 Å². The second-order valence-electron chi connectivity index (χ2n) is 7.15. The van der Waals surface area contributed by atoms with Crippen LogP contribution in [0.15, 0.2) is 55.4 Å². The minimum absolute atomic E-state index is 0.318. The Labute approximate surface area is 205 Å². The molecule has 3 aromatic heterocycles. The van der Waals surface area contributed by atoms with Gasteiger partial charge in [0.2, 0.25) is 0 Å². The van der Waals surface area contributed by atoms with Gasteiger partial charge in [-0.05, 0) is 55.0 Å². The van der Waals surface area contributed by atoms with Gasteiger partial charge in [0, 0.05) is 24.5 Å². The van der Waals surface area contributed by atoms with Gasteiger partial charge in [-0.1, -0.05) is 17.4 Å². The maximum Gasteiger partial charge on any atom is 0.257 e. The SMILES string of the molecule is C=CCn1c(-c2sc(NC(=O)c3ccc(OC)c(OCc4ccncc4)c3)nc2C)n[nH]c1=S. The number of hydrogen-bond donors (Lipinski definition) is 2. The molecule has 9 nitrogen and oxygen atoms in total. The molecule has 34 heavy (non-hydrogen) atoms. The number of amides is 1. The first kappa shape index (κ1) is 23.3. The Bertz CT molecular complexity index is 1380. The zero-order valence-electron chi connectivity index (χ0n) is 18.6. The van der Waals surface area contributed by atoms with E-state index in [1.54, 1.807) is 43.8 Å². The van der Waals surface area contributed by atoms with Crippen molar-refractivity contribution in [1.29, 1.82) is 0 Å². The lowest BCUT2D eigenvalue weighted by atomic mass is 10.2. The van der Waals surface area contributed by atoms with Crippen LogP contribution in [0.4, 0.5) is 5.13 Å². The van der Waals surface area contributed by atoms with E-state index in [0.29, 0.717) is 45.9 Å². The standard InChI is InChI=1S/C23H22N6O3S2/c1-4-11-29-20(27-28-23(29)33)19-14(2)25-22(34-19)26-21(30)16-5-6-17(31-3)18(12-16)32-13-15-7-9-24-10-8-15/h4-10,12H,1,11,13H2,2-3H3,(H,28,33)(H,25,26,30). The monoisotopic (exact) mass is 494 g/mol. The van der Waals surface area contributed by atoms with Crippen LogP contribution in [0.2, 0.25) is 0 Å². The molecule has 0 saturated carbocycles. The zero-order chi connectivity index (χ0) is 24.1. The molecule has 0 radical (unpaired) electrons. The van der Waals surface area contributed by atoms with Crippen LogP contribution in [0.3, 0.4) is 0 Å². The van der Waals surface area contributed by atoms with Crippen molar-refractivity contribution in [3.63, 3.8) is 0 Å². The Kier molecular flexibility index (Phi) is 7.14. The number of allylic oxidation sites excluding steroid dienone is 1. The molecule has 174 valence electrons. The lowest BCUT2D eigenvalue weighted by molar-refractivity contribution is 0.102. The second kappa shape index (κ2) is 10.4. The summed E-state index contributed by atoms with van der Waals surface area (Å²) in [5.74, 6) is 1.32. The first-order valence-electron chi connectivity index (χ1n) is 10.2.